The zero-order valence-electron chi connectivity index (χ0n) is 21.4. The highest BCUT2D eigenvalue weighted by Gasteiger charge is 2.41. The molecule has 0 radical (unpaired) electrons. The summed E-state index contributed by atoms with van der Waals surface area (Å²) >= 11 is 0. The lowest BCUT2D eigenvalue weighted by molar-refractivity contribution is -0.275. The predicted molar refractivity (Wildman–Crippen MR) is 148 cm³/mol. The fourth-order valence-corrected chi connectivity index (χ4v) is 6.22. The van der Waals surface area contributed by atoms with Gasteiger partial charge in [-0.1, -0.05) is 70.5 Å². The van der Waals surface area contributed by atoms with Crippen LogP contribution in [0.25, 0.3) is 0 Å². The molecule has 0 aromatic carbocycles. The largest absolute Gasteiger partial charge is 0.361 e. The molecule has 0 aliphatic heterocycles. The second-order valence-electron chi connectivity index (χ2n) is 9.57. The Balaban J connectivity index is 4.69. The average molecular weight is 529 g/mol. The molecule has 0 aromatic heterocycles. The predicted octanol–water partition coefficient (Wildman–Crippen LogP) is 7.52. The molecule has 0 saturated heterocycles. The summed E-state index contributed by atoms with van der Waals surface area (Å²) in [5, 5.41) is 0. The third-order valence-electron chi connectivity index (χ3n) is 6.62. The first-order chi connectivity index (χ1) is 14.9. The van der Waals surface area contributed by atoms with Crippen LogP contribution in [0, 0.1) is 23.2 Å². The van der Waals surface area contributed by atoms with E-state index in [0.29, 0.717) is 24.9 Å². The van der Waals surface area contributed by atoms with Crippen molar-refractivity contribution in [2.45, 2.75) is 92.8 Å². The van der Waals surface area contributed by atoms with Crippen molar-refractivity contribution >= 4 is 40.6 Å². The van der Waals surface area contributed by atoms with Gasteiger partial charge in [-0.3, -0.25) is 4.79 Å². The highest BCUT2D eigenvalue weighted by atomic mass is 32.4. The number of hydrogen-bond acceptors (Lipinski definition) is 5. The third-order valence-corrected chi connectivity index (χ3v) is 8.28. The molecule has 8 unspecified atom stereocenters. The topological polar surface area (TPSA) is 54.0 Å². The lowest BCUT2D eigenvalue weighted by atomic mass is 9.70. The van der Waals surface area contributed by atoms with E-state index in [4.69, 9.17) is 13.9 Å². The Morgan fingerprint density at radius 2 is 1.75 bits per heavy atom. The van der Waals surface area contributed by atoms with Crippen LogP contribution in [0.5, 0.6) is 0 Å². The summed E-state index contributed by atoms with van der Waals surface area (Å²) in [7, 11) is 8.72. The number of hydrogen-bond donors (Lipinski definition) is 0. The fraction of sp³-hybridized carbons (Fsp3) is 0.870. The van der Waals surface area contributed by atoms with Crippen LogP contribution >= 0.6 is 34.8 Å². The SMILES string of the molecule is COOCCC(OP)C(C)(C)C(=O)C(C)C(C)C(C)CCC/C(C)=C\CC(C)OP(P)P. The van der Waals surface area contributed by atoms with Crippen molar-refractivity contribution in [2.24, 2.45) is 23.2 Å². The van der Waals surface area contributed by atoms with Crippen LogP contribution in [0.1, 0.15) is 80.6 Å². The summed E-state index contributed by atoms with van der Waals surface area (Å²) in [6.45, 7) is 15.2. The van der Waals surface area contributed by atoms with Crippen LogP contribution in [-0.2, 0) is 23.6 Å². The number of carbonyl (C=O) groups excluding carboxylic acids is 1. The molecule has 0 amide bonds. The highest BCUT2D eigenvalue weighted by molar-refractivity contribution is 8.41. The van der Waals surface area contributed by atoms with E-state index in [1.165, 1.54) is 12.7 Å². The van der Waals surface area contributed by atoms with E-state index in [9.17, 15) is 4.79 Å². The second-order valence-corrected chi connectivity index (χ2v) is 15.6. The highest BCUT2D eigenvalue weighted by Crippen LogP contribution is 2.54. The first-order valence-corrected chi connectivity index (χ1v) is 16.5. The maximum atomic E-state index is 13.4. The molecule has 32 heavy (non-hydrogen) atoms. The van der Waals surface area contributed by atoms with Gasteiger partial charge in [0.2, 0.25) is 0 Å². The smallest absolute Gasteiger partial charge is 0.144 e. The lowest BCUT2D eigenvalue weighted by Crippen LogP contribution is -2.43. The summed E-state index contributed by atoms with van der Waals surface area (Å²) < 4.78 is 11.4. The summed E-state index contributed by atoms with van der Waals surface area (Å²) in [4.78, 5) is 23.0. The maximum Gasteiger partial charge on any atom is 0.144 e. The van der Waals surface area contributed by atoms with Crippen molar-refractivity contribution in [1.82, 2.24) is 0 Å². The molecule has 0 N–H and O–H groups in total. The minimum absolute atomic E-state index is 0.0330. The normalized spacial score (nSPS) is 17.8. The van der Waals surface area contributed by atoms with Gasteiger partial charge >= 0.3 is 0 Å². The van der Waals surface area contributed by atoms with Crippen LogP contribution in [0.3, 0.4) is 0 Å². The van der Waals surface area contributed by atoms with E-state index in [2.05, 4.69) is 72.9 Å². The Morgan fingerprint density at radius 3 is 2.28 bits per heavy atom. The van der Waals surface area contributed by atoms with Crippen molar-refractivity contribution < 1.29 is 23.6 Å². The third kappa shape index (κ3) is 12.6. The number of rotatable bonds is 18. The van der Waals surface area contributed by atoms with Gasteiger partial charge in [-0.2, -0.15) is 0 Å². The number of Topliss-reactive ketones (excluding diaryl/α,β-unsaturated/α-hetero) is 1. The van der Waals surface area contributed by atoms with Crippen molar-refractivity contribution in [2.75, 3.05) is 13.7 Å². The van der Waals surface area contributed by atoms with E-state index in [1.54, 1.807) is 0 Å². The zero-order chi connectivity index (χ0) is 24.9. The Morgan fingerprint density at radius 1 is 1.12 bits per heavy atom. The molecule has 190 valence electrons. The van der Waals surface area contributed by atoms with E-state index < -0.39 is 12.9 Å². The van der Waals surface area contributed by atoms with Crippen LogP contribution in [0.2, 0.25) is 0 Å². The molecule has 8 atom stereocenters. The van der Waals surface area contributed by atoms with Gasteiger partial charge in [0.15, 0.2) is 0 Å². The molecule has 0 aliphatic carbocycles. The summed E-state index contributed by atoms with van der Waals surface area (Å²) in [5.41, 5.74) is 0.819. The van der Waals surface area contributed by atoms with Gasteiger partial charge < -0.3 is 9.05 Å². The molecule has 0 bridgehead atoms. The molecule has 0 fully saturated rings. The number of carbonyl (C=O) groups is 1. The van der Waals surface area contributed by atoms with Gasteiger partial charge in [0, 0.05) is 21.8 Å². The van der Waals surface area contributed by atoms with E-state index in [0.717, 1.165) is 25.7 Å². The number of ketones is 1. The monoisotopic (exact) mass is 528 g/mol. The van der Waals surface area contributed by atoms with Gasteiger partial charge in [-0.25, -0.2) is 9.78 Å². The second kappa shape index (κ2) is 17.4. The van der Waals surface area contributed by atoms with Crippen molar-refractivity contribution in [3.63, 3.8) is 0 Å². The van der Waals surface area contributed by atoms with E-state index >= 15 is 0 Å². The van der Waals surface area contributed by atoms with Crippen molar-refractivity contribution in [3.05, 3.63) is 11.6 Å². The minimum atomic E-state index is -0.599. The van der Waals surface area contributed by atoms with E-state index in [-0.39, 0.29) is 23.9 Å². The Hall–Kier alpha value is 0.970. The summed E-state index contributed by atoms with van der Waals surface area (Å²) in [6, 6.07) is 0. The molecule has 0 saturated carbocycles. The molecule has 0 rings (SSSR count). The first kappa shape index (κ1) is 33.0. The average Bonchev–Trinajstić information content (AvgIpc) is 2.72. The van der Waals surface area contributed by atoms with Crippen LogP contribution in [-0.4, -0.2) is 31.7 Å². The molecular formula is C23H48O5P4. The first-order valence-electron chi connectivity index (χ1n) is 11.6. The molecule has 0 heterocycles. The van der Waals surface area contributed by atoms with Gasteiger partial charge in [0.05, 0.1) is 38.9 Å². The van der Waals surface area contributed by atoms with Crippen molar-refractivity contribution in [1.29, 1.82) is 0 Å². The van der Waals surface area contributed by atoms with Gasteiger partial charge in [-0.05, 0) is 44.9 Å². The molecule has 5 nitrogen and oxygen atoms in total. The van der Waals surface area contributed by atoms with Crippen LogP contribution in [0.15, 0.2) is 11.6 Å². The quantitative estimate of drug-likeness (QED) is 0.0606. The Kier molecular flexibility index (Phi) is 17.9. The molecule has 0 aromatic rings. The van der Waals surface area contributed by atoms with Gasteiger partial charge in [0.1, 0.15) is 5.78 Å². The standard InChI is InChI=1S/C23H48O5P4/c1-16(12-13-18(3)28-32(30)31)10-9-11-17(2)19(4)20(5)22(24)23(6,7)21(27-29)14-15-26-25-8/h12,17-21H,9-11,13-15,29-31H2,1-8H3/b16-12-. The lowest BCUT2D eigenvalue weighted by Gasteiger charge is -2.36. The molecule has 0 aliphatic rings. The molecular weight excluding hydrogens is 480 g/mol. The molecule has 0 spiro atoms. The van der Waals surface area contributed by atoms with E-state index in [1.807, 2.05) is 13.8 Å². The van der Waals surface area contributed by atoms with Gasteiger partial charge in [0.25, 0.3) is 0 Å². The number of allylic oxidation sites excluding steroid dienone is 1. The molecule has 9 heteroatoms. The maximum absolute atomic E-state index is 13.4. The fourth-order valence-electron chi connectivity index (χ4n) is 4.00. The summed E-state index contributed by atoms with van der Waals surface area (Å²) in [5.74, 6) is 0.997. The van der Waals surface area contributed by atoms with Gasteiger partial charge in [-0.15, -0.1) is 0 Å². The zero-order valence-corrected chi connectivity index (χ0v) is 25.8. The van der Waals surface area contributed by atoms with Crippen LogP contribution < -0.4 is 0 Å². The Labute approximate surface area is 205 Å². The van der Waals surface area contributed by atoms with Crippen molar-refractivity contribution in [3.8, 4) is 0 Å². The Bertz CT molecular complexity index is 557. The minimum Gasteiger partial charge on any atom is -0.361 e. The van der Waals surface area contributed by atoms with Crippen LogP contribution in [0.4, 0.5) is 0 Å². The summed E-state index contributed by atoms with van der Waals surface area (Å²) in [6.07, 6.45) is 7.20.